The molecule has 1 aromatic carbocycles. The van der Waals surface area contributed by atoms with Crippen molar-refractivity contribution in [1.29, 1.82) is 0 Å². The maximum absolute atomic E-state index is 12.8. The molecule has 0 aliphatic carbocycles. The first-order chi connectivity index (χ1) is 13.0. The van der Waals surface area contributed by atoms with E-state index in [9.17, 15) is 9.59 Å². The maximum Gasteiger partial charge on any atom is 0.334 e. The third-order valence-corrected chi connectivity index (χ3v) is 4.22. The van der Waals surface area contributed by atoms with Crippen molar-refractivity contribution in [3.05, 3.63) is 74.0 Å². The van der Waals surface area contributed by atoms with Crippen LogP contribution in [-0.4, -0.2) is 29.5 Å². The molecule has 9 nitrogen and oxygen atoms in total. The molecule has 0 aliphatic heterocycles. The number of benzene rings is 1. The molecular formula is C16H9Cl2N7O2. The van der Waals surface area contributed by atoms with Crippen molar-refractivity contribution in [3.63, 3.8) is 0 Å². The lowest BCUT2D eigenvalue weighted by Crippen LogP contribution is -2.34. The molecule has 0 spiro atoms. The molecule has 0 radical (unpaired) electrons. The number of rotatable bonds is 3. The second-order valence-corrected chi connectivity index (χ2v) is 6.08. The first-order valence-electron chi connectivity index (χ1n) is 7.54. The largest absolute Gasteiger partial charge is 0.339 e. The maximum atomic E-state index is 12.8. The summed E-state index contributed by atoms with van der Waals surface area (Å²) in [5, 5.41) is 3.23. The van der Waals surface area contributed by atoms with Gasteiger partial charge in [0, 0.05) is 6.20 Å². The third-order valence-electron chi connectivity index (χ3n) is 3.64. The Labute approximate surface area is 160 Å². The Bertz CT molecular complexity index is 1270. The van der Waals surface area contributed by atoms with E-state index in [2.05, 4.69) is 30.2 Å². The number of fused-ring (bicyclic) bond motifs is 1. The van der Waals surface area contributed by atoms with Gasteiger partial charge in [0.2, 0.25) is 0 Å². The summed E-state index contributed by atoms with van der Waals surface area (Å²) in [6.07, 6.45) is 4.17. The van der Waals surface area contributed by atoms with Crippen molar-refractivity contribution in [2.45, 2.75) is 0 Å². The fourth-order valence-electron chi connectivity index (χ4n) is 2.48. The molecular weight excluding hydrogens is 393 g/mol. The van der Waals surface area contributed by atoms with Crippen LogP contribution in [0.15, 0.2) is 52.6 Å². The Kier molecular flexibility index (Phi) is 4.30. The zero-order valence-electron chi connectivity index (χ0n) is 13.3. The minimum absolute atomic E-state index is 0.000127. The summed E-state index contributed by atoms with van der Waals surface area (Å²) in [5.41, 5.74) is -0.782. The summed E-state index contributed by atoms with van der Waals surface area (Å²) in [7, 11) is 0. The first kappa shape index (κ1) is 17.1. The van der Waals surface area contributed by atoms with Gasteiger partial charge in [-0.2, -0.15) is 0 Å². The van der Waals surface area contributed by atoms with Gasteiger partial charge in [0.25, 0.3) is 5.56 Å². The molecule has 3 heterocycles. The van der Waals surface area contributed by atoms with Crippen molar-refractivity contribution in [2.24, 2.45) is 0 Å². The summed E-state index contributed by atoms with van der Waals surface area (Å²) in [6, 6.07) is 6.53. The Morgan fingerprint density at radius 3 is 2.74 bits per heavy atom. The predicted molar refractivity (Wildman–Crippen MR) is 101 cm³/mol. The highest BCUT2D eigenvalue weighted by molar-refractivity contribution is 6.35. The zero-order valence-corrected chi connectivity index (χ0v) is 14.9. The molecule has 11 heteroatoms. The molecule has 0 amide bonds. The van der Waals surface area contributed by atoms with Crippen LogP contribution in [0.5, 0.6) is 0 Å². The monoisotopic (exact) mass is 401 g/mol. The molecule has 0 aliphatic rings. The van der Waals surface area contributed by atoms with Crippen LogP contribution in [0.4, 0.5) is 11.5 Å². The van der Waals surface area contributed by atoms with E-state index in [-0.39, 0.29) is 27.0 Å². The Hall–Kier alpha value is -3.30. The van der Waals surface area contributed by atoms with E-state index in [1.807, 2.05) is 0 Å². The van der Waals surface area contributed by atoms with E-state index in [0.717, 1.165) is 4.57 Å². The molecule has 2 N–H and O–H groups in total. The minimum Gasteiger partial charge on any atom is -0.339 e. The quantitative estimate of drug-likeness (QED) is 0.540. The summed E-state index contributed by atoms with van der Waals surface area (Å²) >= 11 is 12.2. The van der Waals surface area contributed by atoms with Gasteiger partial charge < -0.3 is 5.32 Å². The second-order valence-electron chi connectivity index (χ2n) is 5.32. The SMILES string of the molecule is O=c1[nH]c2nc(Cl)cnc2c(=O)n1-c1cccc(Nc2ccncn2)c1Cl. The van der Waals surface area contributed by atoms with E-state index >= 15 is 0 Å². The molecule has 0 unspecified atom stereocenters. The number of aromatic nitrogens is 6. The number of halogens is 2. The number of anilines is 2. The summed E-state index contributed by atoms with van der Waals surface area (Å²) in [5.74, 6) is 0.504. The summed E-state index contributed by atoms with van der Waals surface area (Å²) in [4.78, 5) is 43.5. The van der Waals surface area contributed by atoms with Gasteiger partial charge in [0.05, 0.1) is 22.6 Å². The van der Waals surface area contributed by atoms with Gasteiger partial charge in [0.1, 0.15) is 17.3 Å². The van der Waals surface area contributed by atoms with E-state index in [1.165, 1.54) is 12.5 Å². The van der Waals surface area contributed by atoms with Crippen molar-refractivity contribution < 1.29 is 0 Å². The lowest BCUT2D eigenvalue weighted by molar-refractivity contribution is 0.888. The lowest BCUT2D eigenvalue weighted by Gasteiger charge is -2.12. The Balaban J connectivity index is 1.89. The van der Waals surface area contributed by atoms with Crippen molar-refractivity contribution in [2.75, 3.05) is 5.32 Å². The number of hydrogen-bond acceptors (Lipinski definition) is 7. The third kappa shape index (κ3) is 3.14. The fourth-order valence-corrected chi connectivity index (χ4v) is 2.87. The number of aromatic amines is 1. The van der Waals surface area contributed by atoms with Crippen LogP contribution < -0.4 is 16.6 Å². The first-order valence-corrected chi connectivity index (χ1v) is 8.29. The summed E-state index contributed by atoms with van der Waals surface area (Å²) < 4.78 is 0.887. The topological polar surface area (TPSA) is 118 Å². The molecule has 0 atom stereocenters. The van der Waals surface area contributed by atoms with E-state index in [0.29, 0.717) is 11.5 Å². The number of H-pyrrole nitrogens is 1. The normalized spacial score (nSPS) is 10.9. The van der Waals surface area contributed by atoms with Gasteiger partial charge in [-0.15, -0.1) is 0 Å². The van der Waals surface area contributed by atoms with E-state index in [1.54, 1.807) is 30.5 Å². The molecule has 4 aromatic rings. The lowest BCUT2D eigenvalue weighted by atomic mass is 10.2. The van der Waals surface area contributed by atoms with Crippen LogP contribution in [0, 0.1) is 0 Å². The van der Waals surface area contributed by atoms with Crippen LogP contribution in [-0.2, 0) is 0 Å². The number of nitrogens with one attached hydrogen (secondary N) is 2. The fraction of sp³-hybridized carbons (Fsp3) is 0. The van der Waals surface area contributed by atoms with Gasteiger partial charge in [0.15, 0.2) is 11.2 Å². The van der Waals surface area contributed by atoms with E-state index in [4.69, 9.17) is 23.2 Å². The van der Waals surface area contributed by atoms with Gasteiger partial charge >= 0.3 is 5.69 Å². The molecule has 3 aromatic heterocycles. The van der Waals surface area contributed by atoms with Crippen LogP contribution in [0.25, 0.3) is 16.9 Å². The van der Waals surface area contributed by atoms with Crippen LogP contribution in [0.2, 0.25) is 10.2 Å². The highest BCUT2D eigenvalue weighted by Gasteiger charge is 2.16. The van der Waals surface area contributed by atoms with Crippen molar-refractivity contribution in [3.8, 4) is 5.69 Å². The average Bonchev–Trinajstić information content (AvgIpc) is 2.65. The van der Waals surface area contributed by atoms with Crippen LogP contribution in [0.1, 0.15) is 0 Å². The molecule has 0 saturated carbocycles. The average molecular weight is 402 g/mol. The Morgan fingerprint density at radius 1 is 1.11 bits per heavy atom. The predicted octanol–water partition coefficient (Wildman–Crippen LogP) is 2.31. The highest BCUT2D eigenvalue weighted by atomic mass is 35.5. The van der Waals surface area contributed by atoms with E-state index < -0.39 is 11.2 Å². The standard InChI is InChI=1S/C16H9Cl2N7O2/c17-10-6-20-13-14(23-10)24-16(27)25(15(13)26)9-3-1-2-8(12(9)18)22-11-4-5-19-7-21-11/h1-7H,(H,19,21,22)(H,23,24,27). The number of hydrogen-bond donors (Lipinski definition) is 2. The van der Waals surface area contributed by atoms with Crippen LogP contribution in [0.3, 0.4) is 0 Å². The summed E-state index contributed by atoms with van der Waals surface area (Å²) in [6.45, 7) is 0. The van der Waals surface area contributed by atoms with Gasteiger partial charge in [-0.3, -0.25) is 9.78 Å². The van der Waals surface area contributed by atoms with Gasteiger partial charge in [-0.25, -0.2) is 29.3 Å². The highest BCUT2D eigenvalue weighted by Crippen LogP contribution is 2.29. The molecule has 134 valence electrons. The molecule has 4 rings (SSSR count). The van der Waals surface area contributed by atoms with Gasteiger partial charge in [-0.05, 0) is 18.2 Å². The minimum atomic E-state index is -0.717. The molecule has 0 saturated heterocycles. The van der Waals surface area contributed by atoms with Crippen molar-refractivity contribution in [1.82, 2.24) is 29.5 Å². The smallest absolute Gasteiger partial charge is 0.334 e. The van der Waals surface area contributed by atoms with Gasteiger partial charge in [-0.1, -0.05) is 29.3 Å². The number of nitrogens with zero attached hydrogens (tertiary/aromatic N) is 5. The Morgan fingerprint density at radius 2 is 1.96 bits per heavy atom. The second kappa shape index (κ2) is 6.78. The van der Waals surface area contributed by atoms with Crippen LogP contribution >= 0.6 is 23.2 Å². The van der Waals surface area contributed by atoms with Crippen molar-refractivity contribution >= 4 is 45.9 Å². The molecule has 0 bridgehead atoms. The molecule has 0 fully saturated rings. The zero-order chi connectivity index (χ0) is 19.0. The molecule has 27 heavy (non-hydrogen) atoms.